The number of aromatic nitrogens is 2. The minimum atomic E-state index is -3.53. The van der Waals surface area contributed by atoms with Crippen LogP contribution < -0.4 is 10.0 Å². The third-order valence-electron chi connectivity index (χ3n) is 5.70. The number of anilines is 1. The quantitative estimate of drug-likeness (QED) is 0.795. The molecule has 9 heteroatoms. The van der Waals surface area contributed by atoms with E-state index in [0.29, 0.717) is 24.3 Å². The topological polar surface area (TPSA) is 96.3 Å². The Morgan fingerprint density at radius 2 is 1.97 bits per heavy atom. The van der Waals surface area contributed by atoms with Crippen molar-refractivity contribution in [2.75, 3.05) is 18.4 Å². The Kier molecular flexibility index (Phi) is 5.35. The van der Waals surface area contributed by atoms with Crippen LogP contribution in [0.15, 0.2) is 35.4 Å². The Balaban J connectivity index is 1.42. The number of aryl methyl sites for hydroxylation is 2. The molecular weight excluding hydrogens is 390 g/mol. The molecule has 0 aliphatic carbocycles. The molecule has 1 amide bonds. The van der Waals surface area contributed by atoms with Gasteiger partial charge in [-0.3, -0.25) is 9.48 Å². The van der Waals surface area contributed by atoms with Crippen LogP contribution >= 0.6 is 0 Å². The summed E-state index contributed by atoms with van der Waals surface area (Å²) in [5, 5.41) is 7.74. The van der Waals surface area contributed by atoms with Gasteiger partial charge in [0.15, 0.2) is 0 Å². The number of likely N-dealkylation sites (tertiary alicyclic amines) is 1. The molecule has 8 nitrogen and oxygen atoms in total. The van der Waals surface area contributed by atoms with Gasteiger partial charge in [-0.25, -0.2) is 8.42 Å². The fourth-order valence-corrected chi connectivity index (χ4v) is 5.53. The van der Waals surface area contributed by atoms with E-state index in [1.54, 1.807) is 18.2 Å². The van der Waals surface area contributed by atoms with Gasteiger partial charge in [0.05, 0.1) is 23.1 Å². The van der Waals surface area contributed by atoms with E-state index in [-0.39, 0.29) is 22.9 Å². The number of rotatable bonds is 4. The molecule has 0 spiro atoms. The molecule has 0 radical (unpaired) electrons. The number of hydrogen-bond acceptors (Lipinski definition) is 5. The molecular formula is C20H27N5O3S. The molecule has 1 fully saturated rings. The zero-order chi connectivity index (χ0) is 20.6. The Labute approximate surface area is 171 Å². The third-order valence-corrected chi connectivity index (χ3v) is 7.20. The first-order chi connectivity index (χ1) is 13.9. The fraction of sp³-hybridized carbons (Fsp3) is 0.500. The van der Waals surface area contributed by atoms with E-state index in [1.807, 2.05) is 28.8 Å². The monoisotopic (exact) mass is 417 g/mol. The summed E-state index contributed by atoms with van der Waals surface area (Å²) in [6.45, 7) is 5.94. The van der Waals surface area contributed by atoms with Crippen molar-refractivity contribution in [2.24, 2.45) is 5.92 Å². The number of amides is 1. The van der Waals surface area contributed by atoms with Crippen molar-refractivity contribution in [3.05, 3.63) is 41.7 Å². The maximum atomic E-state index is 12.9. The molecule has 4 rings (SSSR count). The lowest BCUT2D eigenvalue weighted by atomic mass is 9.93. The largest absolute Gasteiger partial charge is 0.368 e. The number of sulfonamides is 1. The summed E-state index contributed by atoms with van der Waals surface area (Å²) in [5.74, 6) is 0.122. The van der Waals surface area contributed by atoms with Crippen molar-refractivity contribution in [3.8, 4) is 0 Å². The van der Waals surface area contributed by atoms with Crippen LogP contribution in [-0.4, -0.2) is 48.3 Å². The Hall–Kier alpha value is -2.39. The van der Waals surface area contributed by atoms with Crippen molar-refractivity contribution in [1.29, 1.82) is 0 Å². The van der Waals surface area contributed by atoms with Crippen LogP contribution in [0.1, 0.15) is 42.2 Å². The maximum Gasteiger partial charge on any atom is 0.257 e. The highest BCUT2D eigenvalue weighted by molar-refractivity contribution is 7.89. The highest BCUT2D eigenvalue weighted by atomic mass is 32.2. The lowest BCUT2D eigenvalue weighted by Gasteiger charge is -2.38. The van der Waals surface area contributed by atoms with Crippen LogP contribution in [0.2, 0.25) is 0 Å². The number of para-hydroxylation sites is 1. The number of piperidine rings is 1. The van der Waals surface area contributed by atoms with E-state index >= 15 is 0 Å². The Bertz CT molecular complexity index is 1010. The SMILES string of the molecule is CCCn1cc(C(=O)N2CCC([C@@H]3Nc4ccccc4S(=O)(=O)N3)CC2)c(C)n1. The number of fused-ring (bicyclic) bond motifs is 1. The second kappa shape index (κ2) is 7.79. The van der Waals surface area contributed by atoms with E-state index in [4.69, 9.17) is 0 Å². The molecule has 0 unspecified atom stereocenters. The first-order valence-electron chi connectivity index (χ1n) is 10.1. The molecule has 1 aromatic carbocycles. The predicted molar refractivity (Wildman–Crippen MR) is 110 cm³/mol. The molecule has 1 atom stereocenters. The summed E-state index contributed by atoms with van der Waals surface area (Å²) < 4.78 is 29.7. The molecule has 1 saturated heterocycles. The summed E-state index contributed by atoms with van der Waals surface area (Å²) in [7, 11) is -3.53. The summed E-state index contributed by atoms with van der Waals surface area (Å²) in [6, 6.07) is 6.93. The molecule has 2 aromatic rings. The molecule has 2 aliphatic heterocycles. The molecule has 1 aromatic heterocycles. The summed E-state index contributed by atoms with van der Waals surface area (Å²) in [4.78, 5) is 15.1. The summed E-state index contributed by atoms with van der Waals surface area (Å²) >= 11 is 0. The van der Waals surface area contributed by atoms with Gasteiger partial charge in [0.2, 0.25) is 10.0 Å². The van der Waals surface area contributed by atoms with E-state index < -0.39 is 10.0 Å². The average molecular weight is 418 g/mol. The zero-order valence-electron chi connectivity index (χ0n) is 16.8. The van der Waals surface area contributed by atoms with Crippen LogP contribution in [0.5, 0.6) is 0 Å². The van der Waals surface area contributed by atoms with Crippen molar-refractivity contribution >= 4 is 21.6 Å². The number of carbonyl (C=O) groups is 1. The van der Waals surface area contributed by atoms with Gasteiger partial charge in [-0.1, -0.05) is 19.1 Å². The van der Waals surface area contributed by atoms with Crippen molar-refractivity contribution in [3.63, 3.8) is 0 Å². The fourth-order valence-electron chi connectivity index (χ4n) is 4.14. The van der Waals surface area contributed by atoms with Crippen LogP contribution in [-0.2, 0) is 16.6 Å². The summed E-state index contributed by atoms with van der Waals surface area (Å²) in [5.41, 5.74) is 2.04. The maximum absolute atomic E-state index is 12.9. The number of benzene rings is 1. The first-order valence-corrected chi connectivity index (χ1v) is 11.6. The smallest absolute Gasteiger partial charge is 0.257 e. The Morgan fingerprint density at radius 1 is 1.24 bits per heavy atom. The third kappa shape index (κ3) is 3.89. The summed E-state index contributed by atoms with van der Waals surface area (Å²) in [6.07, 6.45) is 3.90. The zero-order valence-corrected chi connectivity index (χ0v) is 17.6. The second-order valence-electron chi connectivity index (χ2n) is 7.76. The highest BCUT2D eigenvalue weighted by Crippen LogP contribution is 2.31. The molecule has 0 bridgehead atoms. The van der Waals surface area contributed by atoms with Crippen LogP contribution in [0.4, 0.5) is 5.69 Å². The van der Waals surface area contributed by atoms with Gasteiger partial charge in [0, 0.05) is 25.8 Å². The average Bonchev–Trinajstić information content (AvgIpc) is 3.07. The Morgan fingerprint density at radius 3 is 2.69 bits per heavy atom. The lowest BCUT2D eigenvalue weighted by molar-refractivity contribution is 0.0678. The van der Waals surface area contributed by atoms with E-state index in [1.165, 1.54) is 0 Å². The molecule has 29 heavy (non-hydrogen) atoms. The van der Waals surface area contributed by atoms with Gasteiger partial charge >= 0.3 is 0 Å². The lowest BCUT2D eigenvalue weighted by Crippen LogP contribution is -2.52. The van der Waals surface area contributed by atoms with Crippen molar-refractivity contribution < 1.29 is 13.2 Å². The van der Waals surface area contributed by atoms with Gasteiger partial charge in [-0.15, -0.1) is 0 Å². The standard InChI is InChI=1S/C20H27N5O3S/c1-3-10-25-13-16(14(2)22-25)20(26)24-11-8-15(9-12-24)19-21-17-6-4-5-7-18(17)29(27,28)23-19/h4-7,13,15,19,21,23H,3,8-12H2,1-2H3/t19-/m1/s1. The van der Waals surface area contributed by atoms with Gasteiger partial charge in [-0.2, -0.15) is 9.82 Å². The van der Waals surface area contributed by atoms with Gasteiger partial charge in [0.25, 0.3) is 5.91 Å². The first kappa shape index (κ1) is 19.9. The van der Waals surface area contributed by atoms with Crippen LogP contribution in [0.3, 0.4) is 0 Å². The molecule has 2 aliphatic rings. The van der Waals surface area contributed by atoms with E-state index in [2.05, 4.69) is 22.1 Å². The van der Waals surface area contributed by atoms with Gasteiger partial charge < -0.3 is 10.2 Å². The van der Waals surface area contributed by atoms with Crippen molar-refractivity contribution in [1.82, 2.24) is 19.4 Å². The normalized spacial score (nSPS) is 21.4. The molecule has 0 saturated carbocycles. The minimum Gasteiger partial charge on any atom is -0.368 e. The molecule has 156 valence electrons. The number of carbonyl (C=O) groups excluding carboxylic acids is 1. The van der Waals surface area contributed by atoms with Gasteiger partial charge in [0.1, 0.15) is 4.90 Å². The second-order valence-corrected chi connectivity index (χ2v) is 9.44. The minimum absolute atomic E-state index is 0.00540. The van der Waals surface area contributed by atoms with Gasteiger partial charge in [-0.05, 0) is 44.2 Å². The highest BCUT2D eigenvalue weighted by Gasteiger charge is 2.36. The van der Waals surface area contributed by atoms with E-state index in [0.717, 1.165) is 31.5 Å². The molecule has 3 heterocycles. The molecule has 2 N–H and O–H groups in total. The number of nitrogens with zero attached hydrogens (tertiary/aromatic N) is 3. The van der Waals surface area contributed by atoms with Crippen molar-refractivity contribution in [2.45, 2.75) is 50.7 Å². The number of nitrogens with one attached hydrogen (secondary N) is 2. The predicted octanol–water partition coefficient (Wildman–Crippen LogP) is 2.18. The van der Waals surface area contributed by atoms with Crippen LogP contribution in [0, 0.1) is 12.8 Å². The van der Waals surface area contributed by atoms with Crippen LogP contribution in [0.25, 0.3) is 0 Å². The number of hydrogen-bond donors (Lipinski definition) is 2. The van der Waals surface area contributed by atoms with E-state index in [9.17, 15) is 13.2 Å².